The molecule has 2 amide bonds. The second kappa shape index (κ2) is 4.97. The number of amides is 2. The molecule has 0 rings (SSSR count). The number of primary amides is 1. The van der Waals surface area contributed by atoms with E-state index in [1.165, 1.54) is 0 Å². The summed E-state index contributed by atoms with van der Waals surface area (Å²) in [6, 6.07) is -0.727. The smallest absolute Gasteiger partial charge is 0.240 e. The van der Waals surface area contributed by atoms with Gasteiger partial charge in [-0.25, -0.2) is 0 Å². The Morgan fingerprint density at radius 1 is 1.55 bits per heavy atom. The van der Waals surface area contributed by atoms with Crippen molar-refractivity contribution in [3.05, 3.63) is 0 Å². The van der Waals surface area contributed by atoms with Crippen LogP contribution in [0, 0.1) is 0 Å². The van der Waals surface area contributed by atoms with Crippen LogP contribution in [-0.4, -0.2) is 30.2 Å². The van der Waals surface area contributed by atoms with E-state index < -0.39 is 17.9 Å². The van der Waals surface area contributed by atoms with Crippen LogP contribution in [0.1, 0.15) is 0 Å². The number of hydrogen-bond donors (Lipinski definition) is 4. The number of carbonyl (C=O) groups excluding carboxylic acids is 2. The summed E-state index contributed by atoms with van der Waals surface area (Å²) >= 11 is 3.81. The van der Waals surface area contributed by atoms with Gasteiger partial charge in [-0.1, -0.05) is 0 Å². The average molecular weight is 177 g/mol. The fraction of sp³-hybridized carbons (Fsp3) is 0.600. The van der Waals surface area contributed by atoms with Crippen LogP contribution >= 0.6 is 12.6 Å². The van der Waals surface area contributed by atoms with E-state index in [9.17, 15) is 9.59 Å². The van der Waals surface area contributed by atoms with Crippen LogP contribution in [0.5, 0.6) is 0 Å². The maximum Gasteiger partial charge on any atom is 0.240 e. The summed E-state index contributed by atoms with van der Waals surface area (Å²) in [7, 11) is 0. The van der Waals surface area contributed by atoms with Gasteiger partial charge in [-0.2, -0.15) is 12.6 Å². The zero-order valence-corrected chi connectivity index (χ0v) is 6.80. The number of carbonyl (C=O) groups is 2. The Bertz CT molecular complexity index is 162. The fourth-order valence-corrected chi connectivity index (χ4v) is 0.731. The highest BCUT2D eigenvalue weighted by Gasteiger charge is 2.14. The lowest BCUT2D eigenvalue weighted by atomic mass is 10.3. The third-order valence-corrected chi connectivity index (χ3v) is 1.41. The predicted octanol–water partition coefficient (Wildman–Crippen LogP) is -2.15. The third kappa shape index (κ3) is 3.84. The quantitative estimate of drug-likeness (QED) is 0.368. The lowest BCUT2D eigenvalue weighted by Gasteiger charge is -2.10. The molecule has 0 bridgehead atoms. The lowest BCUT2D eigenvalue weighted by Crippen LogP contribution is -2.47. The first-order chi connectivity index (χ1) is 5.11. The summed E-state index contributed by atoms with van der Waals surface area (Å²) in [6.07, 6.45) is 0. The summed E-state index contributed by atoms with van der Waals surface area (Å²) in [5.74, 6) is -0.842. The Labute approximate surface area is 69.9 Å². The van der Waals surface area contributed by atoms with Crippen LogP contribution in [-0.2, 0) is 9.59 Å². The standard InChI is InChI=1S/C5H11N3O2S/c6-1-4(9)8-3(2-11)5(7)10/h3,11H,1-2,6H2,(H2,7,10)(H,8,9). The van der Waals surface area contributed by atoms with Crippen LogP contribution in [0.3, 0.4) is 0 Å². The molecule has 11 heavy (non-hydrogen) atoms. The van der Waals surface area contributed by atoms with Crippen LogP contribution in [0.25, 0.3) is 0 Å². The molecule has 0 radical (unpaired) electrons. The SMILES string of the molecule is NCC(=O)NC(CS)C(N)=O. The molecule has 0 saturated heterocycles. The molecule has 0 aliphatic rings. The number of thiol groups is 1. The molecule has 0 aromatic carbocycles. The highest BCUT2D eigenvalue weighted by Crippen LogP contribution is 1.85. The van der Waals surface area contributed by atoms with E-state index in [2.05, 4.69) is 17.9 Å². The molecule has 1 atom stereocenters. The summed E-state index contributed by atoms with van der Waals surface area (Å²) in [4.78, 5) is 21.1. The Balaban J connectivity index is 3.88. The first-order valence-electron chi connectivity index (χ1n) is 3.01. The van der Waals surface area contributed by atoms with Crippen molar-refractivity contribution in [3.63, 3.8) is 0 Å². The average Bonchev–Trinajstić information content (AvgIpc) is 1.99. The summed E-state index contributed by atoms with van der Waals surface area (Å²) < 4.78 is 0. The van der Waals surface area contributed by atoms with E-state index in [4.69, 9.17) is 11.5 Å². The Morgan fingerprint density at radius 2 is 2.09 bits per heavy atom. The maximum atomic E-state index is 10.6. The van der Waals surface area contributed by atoms with Crippen LogP contribution in [0.15, 0.2) is 0 Å². The highest BCUT2D eigenvalue weighted by atomic mass is 32.1. The number of nitrogens with one attached hydrogen (secondary N) is 1. The second-order valence-corrected chi connectivity index (χ2v) is 2.27. The van der Waals surface area contributed by atoms with Crippen molar-refractivity contribution in [3.8, 4) is 0 Å². The molecular weight excluding hydrogens is 166 g/mol. The Hall–Kier alpha value is -0.750. The molecule has 0 aliphatic heterocycles. The van der Waals surface area contributed by atoms with E-state index in [1.54, 1.807) is 0 Å². The normalized spacial score (nSPS) is 12.2. The zero-order valence-electron chi connectivity index (χ0n) is 5.91. The minimum Gasteiger partial charge on any atom is -0.368 e. The molecule has 0 fully saturated rings. The van der Waals surface area contributed by atoms with Gasteiger partial charge in [-0.05, 0) is 0 Å². The molecular formula is C5H11N3O2S. The van der Waals surface area contributed by atoms with Gasteiger partial charge in [0.2, 0.25) is 11.8 Å². The summed E-state index contributed by atoms with van der Waals surface area (Å²) in [6.45, 7) is -0.155. The van der Waals surface area contributed by atoms with E-state index >= 15 is 0 Å². The Kier molecular flexibility index (Phi) is 4.64. The first kappa shape index (κ1) is 10.2. The summed E-state index contributed by atoms with van der Waals surface area (Å²) in [5, 5.41) is 2.30. The number of nitrogens with two attached hydrogens (primary N) is 2. The van der Waals surface area contributed by atoms with E-state index in [-0.39, 0.29) is 12.3 Å². The third-order valence-electron chi connectivity index (χ3n) is 1.05. The van der Waals surface area contributed by atoms with Gasteiger partial charge < -0.3 is 16.8 Å². The topological polar surface area (TPSA) is 98.2 Å². The van der Waals surface area contributed by atoms with Gasteiger partial charge in [-0.3, -0.25) is 9.59 Å². The largest absolute Gasteiger partial charge is 0.368 e. The van der Waals surface area contributed by atoms with Gasteiger partial charge in [0.15, 0.2) is 0 Å². The zero-order chi connectivity index (χ0) is 8.85. The van der Waals surface area contributed by atoms with Crippen molar-refractivity contribution in [1.82, 2.24) is 5.32 Å². The van der Waals surface area contributed by atoms with E-state index in [0.29, 0.717) is 0 Å². The molecule has 0 heterocycles. The number of hydrogen-bond acceptors (Lipinski definition) is 4. The molecule has 0 saturated carbocycles. The molecule has 5 nitrogen and oxygen atoms in total. The molecule has 1 unspecified atom stereocenters. The van der Waals surface area contributed by atoms with Crippen molar-refractivity contribution in [2.45, 2.75) is 6.04 Å². The van der Waals surface area contributed by atoms with Crippen molar-refractivity contribution in [2.75, 3.05) is 12.3 Å². The maximum absolute atomic E-state index is 10.6. The van der Waals surface area contributed by atoms with Crippen LogP contribution in [0.2, 0.25) is 0 Å². The minimum atomic E-state index is -0.727. The van der Waals surface area contributed by atoms with E-state index in [0.717, 1.165) is 0 Å². The van der Waals surface area contributed by atoms with Crippen LogP contribution in [0.4, 0.5) is 0 Å². The molecule has 0 aromatic heterocycles. The Morgan fingerprint density at radius 3 is 2.36 bits per heavy atom. The van der Waals surface area contributed by atoms with Gasteiger partial charge in [0, 0.05) is 5.75 Å². The summed E-state index contributed by atoms with van der Waals surface area (Å²) in [5.41, 5.74) is 9.89. The molecule has 5 N–H and O–H groups in total. The monoisotopic (exact) mass is 177 g/mol. The molecule has 6 heteroatoms. The predicted molar refractivity (Wildman–Crippen MR) is 44.0 cm³/mol. The van der Waals surface area contributed by atoms with Crippen molar-refractivity contribution >= 4 is 24.4 Å². The first-order valence-corrected chi connectivity index (χ1v) is 3.64. The van der Waals surface area contributed by atoms with Gasteiger partial charge >= 0.3 is 0 Å². The highest BCUT2D eigenvalue weighted by molar-refractivity contribution is 7.80. The molecule has 0 aliphatic carbocycles. The molecule has 0 spiro atoms. The number of rotatable bonds is 4. The second-order valence-electron chi connectivity index (χ2n) is 1.91. The minimum absolute atomic E-state index is 0.155. The lowest BCUT2D eigenvalue weighted by molar-refractivity contribution is -0.126. The molecule has 0 aromatic rings. The van der Waals surface area contributed by atoms with Gasteiger partial charge in [-0.15, -0.1) is 0 Å². The van der Waals surface area contributed by atoms with Crippen molar-refractivity contribution in [2.24, 2.45) is 11.5 Å². The van der Waals surface area contributed by atoms with E-state index in [1.807, 2.05) is 0 Å². The fourth-order valence-electron chi connectivity index (χ4n) is 0.460. The van der Waals surface area contributed by atoms with Gasteiger partial charge in [0.25, 0.3) is 0 Å². The molecule has 64 valence electrons. The van der Waals surface area contributed by atoms with Crippen molar-refractivity contribution in [1.29, 1.82) is 0 Å². The van der Waals surface area contributed by atoms with Crippen molar-refractivity contribution < 1.29 is 9.59 Å². The van der Waals surface area contributed by atoms with Gasteiger partial charge in [0.1, 0.15) is 6.04 Å². The van der Waals surface area contributed by atoms with Crippen LogP contribution < -0.4 is 16.8 Å². The van der Waals surface area contributed by atoms with Gasteiger partial charge in [0.05, 0.1) is 6.54 Å².